The third-order valence-corrected chi connectivity index (χ3v) is 3.72. The van der Waals surface area contributed by atoms with Gasteiger partial charge in [0.1, 0.15) is 17.4 Å². The smallest absolute Gasteiger partial charge is 0.146 e. The molecule has 0 amide bonds. The molecule has 1 aliphatic carbocycles. The van der Waals surface area contributed by atoms with Crippen molar-refractivity contribution in [1.29, 1.82) is 0 Å². The number of rotatable bonds is 3. The number of H-pyrrole nitrogens is 1. The van der Waals surface area contributed by atoms with E-state index in [1.54, 1.807) is 13.3 Å². The van der Waals surface area contributed by atoms with E-state index in [1.165, 1.54) is 12.8 Å². The fourth-order valence-electron chi connectivity index (χ4n) is 2.57. The van der Waals surface area contributed by atoms with E-state index in [-0.39, 0.29) is 0 Å². The number of anilines is 1. The number of fused-ring (bicyclic) bond motifs is 1. The predicted octanol–water partition coefficient (Wildman–Crippen LogP) is 2.35. The fourth-order valence-corrected chi connectivity index (χ4v) is 2.57. The van der Waals surface area contributed by atoms with Gasteiger partial charge in [0.05, 0.1) is 29.9 Å². The zero-order chi connectivity index (χ0) is 13.7. The summed E-state index contributed by atoms with van der Waals surface area (Å²) in [5.41, 5.74) is 8.84. The van der Waals surface area contributed by atoms with Gasteiger partial charge in [-0.15, -0.1) is 0 Å². The Kier molecular flexibility index (Phi) is 2.26. The molecule has 6 heteroatoms. The molecule has 20 heavy (non-hydrogen) atoms. The highest BCUT2D eigenvalue weighted by atomic mass is 16.5. The number of aromatic amines is 1. The number of aromatic nitrogens is 4. The molecule has 2 heterocycles. The summed E-state index contributed by atoms with van der Waals surface area (Å²) in [6, 6.07) is 6.48. The standard InChI is InChI=1S/C14H15N5O/c1-20-9-4-5-12-11(6-9)17-14(19(12)8-2-3-8)10-7-16-18-13(10)15/h4-8H,2-3H2,1H3,(H3,15,16,18). The predicted molar refractivity (Wildman–Crippen MR) is 76.6 cm³/mol. The molecular formula is C14H15N5O. The van der Waals surface area contributed by atoms with Crippen LogP contribution >= 0.6 is 0 Å². The molecule has 0 saturated heterocycles. The maximum Gasteiger partial charge on any atom is 0.146 e. The van der Waals surface area contributed by atoms with Crippen molar-refractivity contribution in [2.75, 3.05) is 12.8 Å². The first-order valence-corrected chi connectivity index (χ1v) is 6.63. The highest BCUT2D eigenvalue weighted by Gasteiger charge is 2.29. The molecule has 1 aromatic carbocycles. The number of nitrogens with zero attached hydrogens (tertiary/aromatic N) is 3. The minimum absolute atomic E-state index is 0.512. The van der Waals surface area contributed by atoms with Gasteiger partial charge in [-0.2, -0.15) is 5.10 Å². The van der Waals surface area contributed by atoms with Gasteiger partial charge in [-0.1, -0.05) is 0 Å². The van der Waals surface area contributed by atoms with Crippen LogP contribution in [-0.4, -0.2) is 26.9 Å². The molecule has 0 bridgehead atoms. The van der Waals surface area contributed by atoms with Gasteiger partial charge in [0.25, 0.3) is 0 Å². The zero-order valence-electron chi connectivity index (χ0n) is 11.1. The third-order valence-electron chi connectivity index (χ3n) is 3.72. The van der Waals surface area contributed by atoms with Gasteiger partial charge in [0.15, 0.2) is 0 Å². The molecule has 0 atom stereocenters. The Bertz CT molecular complexity index is 784. The maximum atomic E-state index is 5.94. The highest BCUT2D eigenvalue weighted by molar-refractivity contribution is 5.84. The van der Waals surface area contributed by atoms with Crippen LogP contribution in [0, 0.1) is 0 Å². The molecule has 1 saturated carbocycles. The minimum Gasteiger partial charge on any atom is -0.497 e. The second-order valence-corrected chi connectivity index (χ2v) is 5.09. The summed E-state index contributed by atoms with van der Waals surface area (Å²) in [4.78, 5) is 4.73. The van der Waals surface area contributed by atoms with E-state index in [4.69, 9.17) is 15.5 Å². The number of imidazole rings is 1. The van der Waals surface area contributed by atoms with Crippen molar-refractivity contribution in [3.63, 3.8) is 0 Å². The SMILES string of the molecule is COc1ccc2c(c1)nc(-c1cn[nH]c1N)n2C1CC1. The van der Waals surface area contributed by atoms with E-state index in [1.807, 2.05) is 12.1 Å². The van der Waals surface area contributed by atoms with Crippen LogP contribution < -0.4 is 10.5 Å². The molecule has 1 fully saturated rings. The molecule has 2 aromatic heterocycles. The maximum absolute atomic E-state index is 5.94. The summed E-state index contributed by atoms with van der Waals surface area (Å²) < 4.78 is 7.53. The van der Waals surface area contributed by atoms with Crippen LogP contribution in [0.2, 0.25) is 0 Å². The molecule has 3 N–H and O–H groups in total. The van der Waals surface area contributed by atoms with Crippen LogP contribution in [0.4, 0.5) is 5.82 Å². The Morgan fingerprint density at radius 3 is 2.90 bits per heavy atom. The third kappa shape index (κ3) is 1.57. The van der Waals surface area contributed by atoms with E-state index in [0.29, 0.717) is 11.9 Å². The van der Waals surface area contributed by atoms with Gasteiger partial charge in [0, 0.05) is 12.1 Å². The molecule has 3 aromatic rings. The number of nitrogens with two attached hydrogens (primary N) is 1. The van der Waals surface area contributed by atoms with Crippen LogP contribution in [0.3, 0.4) is 0 Å². The van der Waals surface area contributed by atoms with Crippen LogP contribution in [0.1, 0.15) is 18.9 Å². The second kappa shape index (κ2) is 4.00. The molecule has 0 unspecified atom stereocenters. The summed E-state index contributed by atoms with van der Waals surface area (Å²) in [5.74, 6) is 2.24. The average molecular weight is 269 g/mol. The average Bonchev–Trinajstić information content (AvgIpc) is 3.10. The van der Waals surface area contributed by atoms with Crippen molar-refractivity contribution in [1.82, 2.24) is 19.7 Å². The first-order valence-electron chi connectivity index (χ1n) is 6.63. The molecule has 0 spiro atoms. The number of nitrogen functional groups attached to an aromatic ring is 1. The molecule has 1 aliphatic rings. The molecular weight excluding hydrogens is 254 g/mol. The number of nitrogens with one attached hydrogen (secondary N) is 1. The molecule has 102 valence electrons. The zero-order valence-corrected chi connectivity index (χ0v) is 11.1. The minimum atomic E-state index is 0.512. The van der Waals surface area contributed by atoms with Crippen molar-refractivity contribution in [2.45, 2.75) is 18.9 Å². The van der Waals surface area contributed by atoms with Gasteiger partial charge in [-0.3, -0.25) is 5.10 Å². The van der Waals surface area contributed by atoms with Gasteiger partial charge in [-0.05, 0) is 25.0 Å². The number of benzene rings is 1. The van der Waals surface area contributed by atoms with Crippen molar-refractivity contribution >= 4 is 16.9 Å². The normalized spacial score (nSPS) is 14.8. The Labute approximate surface area is 115 Å². The second-order valence-electron chi connectivity index (χ2n) is 5.09. The van der Waals surface area contributed by atoms with E-state index < -0.39 is 0 Å². The quantitative estimate of drug-likeness (QED) is 0.764. The lowest BCUT2D eigenvalue weighted by Crippen LogP contribution is -1.98. The summed E-state index contributed by atoms with van der Waals surface area (Å²) in [5, 5.41) is 6.77. The van der Waals surface area contributed by atoms with Crippen molar-refractivity contribution in [3.05, 3.63) is 24.4 Å². The highest BCUT2D eigenvalue weighted by Crippen LogP contribution is 2.42. The van der Waals surface area contributed by atoms with E-state index in [9.17, 15) is 0 Å². The number of hydrogen-bond donors (Lipinski definition) is 2. The summed E-state index contributed by atoms with van der Waals surface area (Å²) in [7, 11) is 1.66. The van der Waals surface area contributed by atoms with Crippen molar-refractivity contribution in [3.8, 4) is 17.1 Å². The van der Waals surface area contributed by atoms with E-state index in [2.05, 4.69) is 20.8 Å². The molecule has 0 aliphatic heterocycles. The fraction of sp³-hybridized carbons (Fsp3) is 0.286. The van der Waals surface area contributed by atoms with Crippen LogP contribution in [0.5, 0.6) is 5.75 Å². The lowest BCUT2D eigenvalue weighted by atomic mass is 10.3. The monoisotopic (exact) mass is 269 g/mol. The lowest BCUT2D eigenvalue weighted by molar-refractivity contribution is 0.415. The van der Waals surface area contributed by atoms with E-state index in [0.717, 1.165) is 28.2 Å². The summed E-state index contributed by atoms with van der Waals surface area (Å²) in [6.07, 6.45) is 4.09. The van der Waals surface area contributed by atoms with Crippen LogP contribution in [-0.2, 0) is 0 Å². The Morgan fingerprint density at radius 2 is 2.25 bits per heavy atom. The first kappa shape index (κ1) is 11.3. The first-order chi connectivity index (χ1) is 9.78. The molecule has 4 rings (SSSR count). The summed E-state index contributed by atoms with van der Waals surface area (Å²) in [6.45, 7) is 0. The molecule has 0 radical (unpaired) electrons. The van der Waals surface area contributed by atoms with Crippen molar-refractivity contribution in [2.24, 2.45) is 0 Å². The van der Waals surface area contributed by atoms with Crippen LogP contribution in [0.25, 0.3) is 22.4 Å². The van der Waals surface area contributed by atoms with Gasteiger partial charge in [-0.25, -0.2) is 4.98 Å². The topological polar surface area (TPSA) is 81.8 Å². The number of ether oxygens (including phenoxy) is 1. The Balaban J connectivity index is 1.99. The summed E-state index contributed by atoms with van der Waals surface area (Å²) >= 11 is 0. The van der Waals surface area contributed by atoms with Gasteiger partial charge < -0.3 is 15.0 Å². The van der Waals surface area contributed by atoms with Gasteiger partial charge >= 0.3 is 0 Å². The Hall–Kier alpha value is -2.50. The lowest BCUT2D eigenvalue weighted by Gasteiger charge is -2.06. The van der Waals surface area contributed by atoms with Crippen molar-refractivity contribution < 1.29 is 4.74 Å². The molecule has 6 nitrogen and oxygen atoms in total. The van der Waals surface area contributed by atoms with Gasteiger partial charge in [0.2, 0.25) is 0 Å². The number of methoxy groups -OCH3 is 1. The Morgan fingerprint density at radius 1 is 1.40 bits per heavy atom. The number of hydrogen-bond acceptors (Lipinski definition) is 4. The largest absolute Gasteiger partial charge is 0.497 e. The van der Waals surface area contributed by atoms with Crippen LogP contribution in [0.15, 0.2) is 24.4 Å². The van der Waals surface area contributed by atoms with E-state index >= 15 is 0 Å².